The van der Waals surface area contributed by atoms with Gasteiger partial charge in [0.2, 0.25) is 5.91 Å². The lowest BCUT2D eigenvalue weighted by Crippen LogP contribution is -2.53. The Morgan fingerprint density at radius 3 is 2.63 bits per heavy atom. The summed E-state index contributed by atoms with van der Waals surface area (Å²) in [5, 5.41) is 14.7. The number of likely N-dealkylation sites (tertiary alicyclic amines) is 1. The third kappa shape index (κ3) is 6.46. The van der Waals surface area contributed by atoms with Crippen LogP contribution < -0.4 is 10.1 Å². The minimum atomic E-state index is -0.968. The van der Waals surface area contributed by atoms with Gasteiger partial charge in [-0.2, -0.15) is 0 Å². The largest absolute Gasteiger partial charge is 0.491 e. The molecule has 2 aromatic rings. The number of benzene rings is 2. The monoisotopic (exact) mass is 430 g/mol. The highest BCUT2D eigenvalue weighted by Gasteiger charge is 2.34. The molecule has 162 valence electrons. The predicted molar refractivity (Wildman–Crippen MR) is 120 cm³/mol. The third-order valence-electron chi connectivity index (χ3n) is 5.50. The van der Waals surface area contributed by atoms with Crippen LogP contribution in [0.1, 0.15) is 29.5 Å². The Morgan fingerprint density at radius 1 is 1.23 bits per heavy atom. The normalized spacial score (nSPS) is 19.5. The van der Waals surface area contributed by atoms with Gasteiger partial charge in [0, 0.05) is 18.1 Å². The molecule has 30 heavy (non-hydrogen) atoms. The van der Waals surface area contributed by atoms with E-state index in [2.05, 4.69) is 17.4 Å². The van der Waals surface area contributed by atoms with Gasteiger partial charge in [0.15, 0.2) is 0 Å². The van der Waals surface area contributed by atoms with Gasteiger partial charge in [-0.05, 0) is 68.5 Å². The number of amides is 1. The molecular weight excluding hydrogens is 400 g/mol. The number of hydrogen-bond donors (Lipinski definition) is 2. The number of aryl methyl sites for hydroxylation is 2. The van der Waals surface area contributed by atoms with E-state index in [4.69, 9.17) is 16.3 Å². The number of hydrogen-bond acceptors (Lipinski definition) is 4. The van der Waals surface area contributed by atoms with E-state index in [0.29, 0.717) is 25.3 Å². The third-order valence-corrected chi connectivity index (χ3v) is 6.09. The minimum absolute atomic E-state index is 0.0138. The lowest BCUT2D eigenvalue weighted by molar-refractivity contribution is -0.124. The number of rotatable bonds is 8. The van der Waals surface area contributed by atoms with E-state index in [0.717, 1.165) is 35.5 Å². The number of carbonyl (C=O) groups is 1. The molecule has 0 spiro atoms. The van der Waals surface area contributed by atoms with Crippen LogP contribution in [0.4, 0.5) is 0 Å². The molecule has 0 unspecified atom stereocenters. The zero-order chi connectivity index (χ0) is 21.6. The van der Waals surface area contributed by atoms with Crippen molar-refractivity contribution in [3.05, 3.63) is 64.2 Å². The Bertz CT molecular complexity index is 836. The summed E-state index contributed by atoms with van der Waals surface area (Å²) in [4.78, 5) is 14.3. The van der Waals surface area contributed by atoms with Gasteiger partial charge in [0.1, 0.15) is 18.0 Å². The zero-order valence-corrected chi connectivity index (χ0v) is 18.5. The highest BCUT2D eigenvalue weighted by molar-refractivity contribution is 6.32. The SMILES string of the molecule is Cc1cc(OC[C@]2(O)CCCN(CC(=O)NCCc3ccccc3)C2)cc(C)c1Cl. The molecule has 0 aromatic heterocycles. The smallest absolute Gasteiger partial charge is 0.234 e. The van der Waals surface area contributed by atoms with Crippen molar-refractivity contribution in [1.29, 1.82) is 0 Å². The van der Waals surface area contributed by atoms with E-state index < -0.39 is 5.60 Å². The summed E-state index contributed by atoms with van der Waals surface area (Å²) in [6.07, 6.45) is 2.30. The first-order valence-corrected chi connectivity index (χ1v) is 10.9. The number of ether oxygens (including phenoxy) is 1. The van der Waals surface area contributed by atoms with E-state index in [-0.39, 0.29) is 19.1 Å². The molecule has 1 amide bonds. The Kier molecular flexibility index (Phi) is 7.75. The summed E-state index contributed by atoms with van der Waals surface area (Å²) in [5.41, 5.74) is 2.14. The number of carbonyl (C=O) groups excluding carboxylic acids is 1. The average Bonchev–Trinajstić information content (AvgIpc) is 2.71. The van der Waals surface area contributed by atoms with Crippen molar-refractivity contribution >= 4 is 17.5 Å². The van der Waals surface area contributed by atoms with Crippen LogP contribution in [-0.2, 0) is 11.2 Å². The van der Waals surface area contributed by atoms with E-state index in [1.165, 1.54) is 5.56 Å². The number of nitrogens with zero attached hydrogens (tertiary/aromatic N) is 1. The van der Waals surface area contributed by atoms with Crippen LogP contribution in [0.5, 0.6) is 5.75 Å². The minimum Gasteiger partial charge on any atom is -0.491 e. The van der Waals surface area contributed by atoms with Crippen LogP contribution in [-0.4, -0.2) is 54.3 Å². The molecule has 0 radical (unpaired) electrons. The van der Waals surface area contributed by atoms with E-state index in [1.807, 2.05) is 49.1 Å². The Hall–Kier alpha value is -2.08. The molecule has 1 aliphatic heterocycles. The van der Waals surface area contributed by atoms with Crippen LogP contribution >= 0.6 is 11.6 Å². The summed E-state index contributed by atoms with van der Waals surface area (Å²) in [6.45, 7) is 6.19. The van der Waals surface area contributed by atoms with E-state index in [9.17, 15) is 9.90 Å². The fraction of sp³-hybridized carbons (Fsp3) is 0.458. The predicted octanol–water partition coefficient (Wildman–Crippen LogP) is 3.52. The first-order chi connectivity index (χ1) is 14.3. The standard InChI is InChI=1S/C24H31ClN2O3/c1-18-13-21(14-19(2)23(18)25)30-17-24(29)10-6-12-27(16-24)15-22(28)26-11-9-20-7-4-3-5-8-20/h3-5,7-8,13-14,29H,6,9-12,15-17H2,1-2H3,(H,26,28)/t24-/m0/s1. The summed E-state index contributed by atoms with van der Waals surface area (Å²) in [6, 6.07) is 13.9. The van der Waals surface area contributed by atoms with Gasteiger partial charge < -0.3 is 15.2 Å². The average molecular weight is 431 g/mol. The van der Waals surface area contributed by atoms with Crippen LogP contribution in [0.25, 0.3) is 0 Å². The van der Waals surface area contributed by atoms with Crippen molar-refractivity contribution in [3.8, 4) is 5.75 Å². The Labute approximate surface area is 184 Å². The highest BCUT2D eigenvalue weighted by atomic mass is 35.5. The van der Waals surface area contributed by atoms with Gasteiger partial charge in [-0.15, -0.1) is 0 Å². The number of aliphatic hydroxyl groups is 1. The molecule has 1 fully saturated rings. The highest BCUT2D eigenvalue weighted by Crippen LogP contribution is 2.28. The lowest BCUT2D eigenvalue weighted by Gasteiger charge is -2.38. The van der Waals surface area contributed by atoms with Gasteiger partial charge in [-0.1, -0.05) is 41.9 Å². The van der Waals surface area contributed by atoms with E-state index in [1.54, 1.807) is 0 Å². The van der Waals surface area contributed by atoms with Gasteiger partial charge in [0.25, 0.3) is 0 Å². The topological polar surface area (TPSA) is 61.8 Å². The summed E-state index contributed by atoms with van der Waals surface area (Å²) < 4.78 is 5.90. The van der Waals surface area contributed by atoms with Crippen molar-refractivity contribution in [1.82, 2.24) is 10.2 Å². The fourth-order valence-electron chi connectivity index (χ4n) is 3.92. The molecule has 5 nitrogen and oxygen atoms in total. The molecule has 0 saturated carbocycles. The van der Waals surface area contributed by atoms with Crippen LogP contribution in [0, 0.1) is 13.8 Å². The first-order valence-electron chi connectivity index (χ1n) is 10.5. The molecule has 6 heteroatoms. The summed E-state index contributed by atoms with van der Waals surface area (Å²) >= 11 is 6.21. The molecule has 2 aromatic carbocycles. The molecule has 2 N–H and O–H groups in total. The first kappa shape index (κ1) is 22.6. The summed E-state index contributed by atoms with van der Waals surface area (Å²) in [5.74, 6) is 0.693. The molecule has 1 atom stereocenters. The van der Waals surface area contributed by atoms with Crippen LogP contribution in [0.3, 0.4) is 0 Å². The maximum atomic E-state index is 12.3. The zero-order valence-electron chi connectivity index (χ0n) is 17.8. The number of β-amino-alcohol motifs (C(OH)–C–C–N with tert-alkyl or cyclic N) is 1. The maximum absolute atomic E-state index is 12.3. The maximum Gasteiger partial charge on any atom is 0.234 e. The lowest BCUT2D eigenvalue weighted by atomic mass is 9.93. The fourth-order valence-corrected chi connectivity index (χ4v) is 4.03. The van der Waals surface area contributed by atoms with Crippen molar-refractivity contribution in [2.75, 3.05) is 32.8 Å². The molecule has 1 aliphatic rings. The van der Waals surface area contributed by atoms with Crippen molar-refractivity contribution < 1.29 is 14.6 Å². The van der Waals surface area contributed by atoms with Gasteiger partial charge >= 0.3 is 0 Å². The number of halogens is 1. The van der Waals surface area contributed by atoms with Crippen LogP contribution in [0.15, 0.2) is 42.5 Å². The summed E-state index contributed by atoms with van der Waals surface area (Å²) in [7, 11) is 0. The Morgan fingerprint density at radius 2 is 1.93 bits per heavy atom. The number of nitrogens with one attached hydrogen (secondary N) is 1. The molecule has 1 saturated heterocycles. The van der Waals surface area contributed by atoms with Gasteiger partial charge in [-0.25, -0.2) is 0 Å². The second-order valence-corrected chi connectivity index (χ2v) is 8.66. The van der Waals surface area contributed by atoms with Crippen LogP contribution in [0.2, 0.25) is 5.02 Å². The molecule has 0 aliphatic carbocycles. The molecule has 1 heterocycles. The van der Waals surface area contributed by atoms with E-state index >= 15 is 0 Å². The second kappa shape index (κ2) is 10.3. The van der Waals surface area contributed by atoms with Gasteiger partial charge in [0.05, 0.1) is 6.54 Å². The van der Waals surface area contributed by atoms with Gasteiger partial charge in [-0.3, -0.25) is 9.69 Å². The van der Waals surface area contributed by atoms with Crippen molar-refractivity contribution in [2.45, 2.75) is 38.7 Å². The molecular formula is C24H31ClN2O3. The van der Waals surface area contributed by atoms with Crippen molar-refractivity contribution in [2.24, 2.45) is 0 Å². The molecule has 3 rings (SSSR count). The number of piperidine rings is 1. The van der Waals surface area contributed by atoms with Crippen molar-refractivity contribution in [3.63, 3.8) is 0 Å². The quantitative estimate of drug-likeness (QED) is 0.672. The molecule has 0 bridgehead atoms. The second-order valence-electron chi connectivity index (χ2n) is 8.28. The Balaban J connectivity index is 1.46.